The van der Waals surface area contributed by atoms with Crippen LogP contribution in [0, 0.1) is 5.92 Å². The van der Waals surface area contributed by atoms with Crippen molar-refractivity contribution in [1.29, 1.82) is 0 Å². The van der Waals surface area contributed by atoms with Crippen molar-refractivity contribution in [2.45, 2.75) is 56.3 Å². The van der Waals surface area contributed by atoms with Gasteiger partial charge >= 0.3 is 12.1 Å². The van der Waals surface area contributed by atoms with E-state index < -0.39 is 22.2 Å². The number of ether oxygens (including phenoxy) is 1. The summed E-state index contributed by atoms with van der Waals surface area (Å²) in [6, 6.07) is 0.528. The number of rotatable bonds is 5. The molecule has 11 heteroatoms. The van der Waals surface area contributed by atoms with E-state index in [4.69, 9.17) is 14.6 Å². The summed E-state index contributed by atoms with van der Waals surface area (Å²) < 4.78 is 62.2. The van der Waals surface area contributed by atoms with Gasteiger partial charge in [0.2, 0.25) is 10.0 Å². The van der Waals surface area contributed by atoms with Gasteiger partial charge in [0, 0.05) is 38.3 Å². The van der Waals surface area contributed by atoms with Gasteiger partial charge in [-0.1, -0.05) is 0 Å². The van der Waals surface area contributed by atoms with Gasteiger partial charge in [-0.2, -0.15) is 13.2 Å². The Morgan fingerprint density at radius 2 is 1.71 bits per heavy atom. The molecule has 0 aromatic heterocycles. The molecule has 0 aromatic carbocycles. The highest BCUT2D eigenvalue weighted by Crippen LogP contribution is 2.44. The van der Waals surface area contributed by atoms with Crippen LogP contribution in [0.1, 0.15) is 38.5 Å². The average molecular weight is 430 g/mol. The van der Waals surface area contributed by atoms with E-state index in [0.29, 0.717) is 19.1 Å². The summed E-state index contributed by atoms with van der Waals surface area (Å²) in [6.07, 6.45) is 3.32. The van der Waals surface area contributed by atoms with Crippen LogP contribution in [0.2, 0.25) is 0 Å². The van der Waals surface area contributed by atoms with Gasteiger partial charge in [-0.25, -0.2) is 17.5 Å². The Morgan fingerprint density at radius 1 is 1.18 bits per heavy atom. The number of methoxy groups -OCH3 is 1. The van der Waals surface area contributed by atoms with Crippen molar-refractivity contribution < 1.29 is 36.2 Å². The minimum Gasteiger partial charge on any atom is -0.475 e. The Labute approximate surface area is 163 Å². The van der Waals surface area contributed by atoms with Crippen molar-refractivity contribution in [2.24, 2.45) is 5.92 Å². The number of hydrogen-bond acceptors (Lipinski definition) is 5. The molecule has 1 atom stereocenters. The molecule has 164 valence electrons. The van der Waals surface area contributed by atoms with Gasteiger partial charge in [-0.05, 0) is 44.4 Å². The number of aliphatic carboxylic acids is 1. The summed E-state index contributed by atoms with van der Waals surface area (Å²) in [5, 5.41) is 7.12. The van der Waals surface area contributed by atoms with Crippen LogP contribution < -0.4 is 0 Å². The largest absolute Gasteiger partial charge is 0.490 e. The summed E-state index contributed by atoms with van der Waals surface area (Å²) in [5.41, 5.74) is 0.229. The third kappa shape index (κ3) is 6.04. The number of halogens is 3. The van der Waals surface area contributed by atoms with E-state index in [2.05, 4.69) is 4.90 Å². The van der Waals surface area contributed by atoms with Crippen molar-refractivity contribution in [2.75, 3.05) is 39.6 Å². The molecule has 0 bridgehead atoms. The standard InChI is InChI=1S/C15H28N2O3S.C2HF3O2/c1-20-12-14-5-6-15(17(14)11-13-3-4-13)7-9-16(10-8-15)21(2,18)19;3-2(4,5)1(6)7/h13-14H,3-12H2,1-2H3;(H,6,7). The molecular formula is C17H29F3N2O5S. The number of carbonyl (C=O) groups is 1. The van der Waals surface area contributed by atoms with E-state index in [1.54, 1.807) is 11.4 Å². The Morgan fingerprint density at radius 3 is 2.11 bits per heavy atom. The van der Waals surface area contributed by atoms with E-state index >= 15 is 0 Å². The van der Waals surface area contributed by atoms with Crippen LogP contribution in [0.5, 0.6) is 0 Å². The third-order valence-corrected chi connectivity index (χ3v) is 7.17. The van der Waals surface area contributed by atoms with E-state index in [9.17, 15) is 21.6 Å². The normalized spacial score (nSPS) is 26.1. The van der Waals surface area contributed by atoms with Gasteiger partial charge in [-0.15, -0.1) is 0 Å². The molecule has 1 N–H and O–H groups in total. The van der Waals surface area contributed by atoms with Crippen LogP contribution in [0.4, 0.5) is 13.2 Å². The van der Waals surface area contributed by atoms with Gasteiger partial charge in [-0.3, -0.25) is 4.90 Å². The number of carboxylic acid groups (broad SMARTS) is 1. The molecular weight excluding hydrogens is 401 g/mol. The Kier molecular flexibility index (Phi) is 7.38. The monoisotopic (exact) mass is 430 g/mol. The molecule has 1 unspecified atom stereocenters. The molecule has 0 amide bonds. The molecule has 1 aliphatic carbocycles. The predicted octanol–water partition coefficient (Wildman–Crippen LogP) is 1.93. The molecule has 1 saturated carbocycles. The molecule has 2 aliphatic heterocycles. The SMILES string of the molecule is COCC1CCC2(CCN(S(C)(=O)=O)CC2)N1CC1CC1.O=C(O)C(F)(F)F. The summed E-state index contributed by atoms with van der Waals surface area (Å²) >= 11 is 0. The van der Waals surface area contributed by atoms with Gasteiger partial charge in [0.1, 0.15) is 0 Å². The maximum atomic E-state index is 11.7. The van der Waals surface area contributed by atoms with E-state index in [1.165, 1.54) is 38.5 Å². The number of carboxylic acids is 1. The van der Waals surface area contributed by atoms with Crippen LogP contribution in [-0.4, -0.2) is 86.1 Å². The van der Waals surface area contributed by atoms with Gasteiger partial charge in [0.15, 0.2) is 0 Å². The number of piperidine rings is 1. The second-order valence-electron chi connectivity index (χ2n) is 7.93. The molecule has 3 fully saturated rings. The predicted molar refractivity (Wildman–Crippen MR) is 96.4 cm³/mol. The summed E-state index contributed by atoms with van der Waals surface area (Å²) in [7, 11) is -1.25. The first-order chi connectivity index (χ1) is 12.9. The maximum Gasteiger partial charge on any atom is 0.490 e. The molecule has 28 heavy (non-hydrogen) atoms. The molecule has 3 aliphatic rings. The minimum absolute atomic E-state index is 0.229. The quantitative estimate of drug-likeness (QED) is 0.717. The lowest BCUT2D eigenvalue weighted by atomic mass is 9.85. The molecule has 7 nitrogen and oxygen atoms in total. The smallest absolute Gasteiger partial charge is 0.475 e. The van der Waals surface area contributed by atoms with Crippen LogP contribution in [0.15, 0.2) is 0 Å². The van der Waals surface area contributed by atoms with Crippen molar-refractivity contribution >= 4 is 16.0 Å². The molecule has 2 heterocycles. The van der Waals surface area contributed by atoms with Crippen LogP contribution in [0.25, 0.3) is 0 Å². The number of sulfonamides is 1. The van der Waals surface area contributed by atoms with E-state index in [0.717, 1.165) is 25.4 Å². The van der Waals surface area contributed by atoms with E-state index in [-0.39, 0.29) is 5.54 Å². The fraction of sp³-hybridized carbons (Fsp3) is 0.941. The summed E-state index contributed by atoms with van der Waals surface area (Å²) in [6.45, 7) is 3.36. The number of likely N-dealkylation sites (tertiary alicyclic amines) is 1. The maximum absolute atomic E-state index is 11.7. The fourth-order valence-electron chi connectivity index (χ4n) is 4.18. The Hall–Kier alpha value is -0.910. The highest BCUT2D eigenvalue weighted by atomic mass is 32.2. The lowest BCUT2D eigenvalue weighted by Gasteiger charge is -2.46. The molecule has 0 aromatic rings. The van der Waals surface area contributed by atoms with Crippen molar-refractivity contribution in [3.63, 3.8) is 0 Å². The number of nitrogens with zero attached hydrogens (tertiary/aromatic N) is 2. The fourth-order valence-corrected chi connectivity index (χ4v) is 5.03. The minimum atomic E-state index is -5.08. The first kappa shape index (κ1) is 23.4. The number of alkyl halides is 3. The lowest BCUT2D eigenvalue weighted by Crippen LogP contribution is -2.55. The first-order valence-electron chi connectivity index (χ1n) is 9.40. The molecule has 2 saturated heterocycles. The van der Waals surface area contributed by atoms with Gasteiger partial charge < -0.3 is 9.84 Å². The van der Waals surface area contributed by atoms with Gasteiger partial charge in [0.25, 0.3) is 0 Å². The first-order valence-corrected chi connectivity index (χ1v) is 11.2. The zero-order valence-corrected chi connectivity index (χ0v) is 17.1. The van der Waals surface area contributed by atoms with Crippen LogP contribution >= 0.6 is 0 Å². The molecule has 0 radical (unpaired) electrons. The highest BCUT2D eigenvalue weighted by Gasteiger charge is 2.49. The zero-order valence-electron chi connectivity index (χ0n) is 16.2. The van der Waals surface area contributed by atoms with Crippen molar-refractivity contribution in [3.05, 3.63) is 0 Å². The van der Waals surface area contributed by atoms with Crippen molar-refractivity contribution in [3.8, 4) is 0 Å². The van der Waals surface area contributed by atoms with Gasteiger partial charge in [0.05, 0.1) is 12.9 Å². The summed E-state index contributed by atoms with van der Waals surface area (Å²) in [5.74, 6) is -1.89. The highest BCUT2D eigenvalue weighted by molar-refractivity contribution is 7.88. The second-order valence-corrected chi connectivity index (χ2v) is 9.92. The Balaban J connectivity index is 0.000000345. The van der Waals surface area contributed by atoms with Crippen molar-refractivity contribution in [1.82, 2.24) is 9.21 Å². The third-order valence-electron chi connectivity index (χ3n) is 5.87. The topological polar surface area (TPSA) is 87.2 Å². The average Bonchev–Trinajstić information content (AvgIpc) is 3.35. The van der Waals surface area contributed by atoms with E-state index in [1.807, 2.05) is 0 Å². The lowest BCUT2D eigenvalue weighted by molar-refractivity contribution is -0.192. The second kappa shape index (κ2) is 8.85. The Bertz CT molecular complexity index is 644. The van der Waals surface area contributed by atoms with Crippen LogP contribution in [0.3, 0.4) is 0 Å². The number of hydrogen-bond donors (Lipinski definition) is 1. The molecule has 1 spiro atoms. The van der Waals surface area contributed by atoms with Crippen LogP contribution in [-0.2, 0) is 19.6 Å². The summed E-state index contributed by atoms with van der Waals surface area (Å²) in [4.78, 5) is 11.6. The molecule has 3 rings (SSSR count). The zero-order chi connectivity index (χ0) is 21.2.